The topological polar surface area (TPSA) is 83.5 Å². The molecule has 0 aliphatic rings. The van der Waals surface area contributed by atoms with Crippen LogP contribution in [0.15, 0.2) is 0 Å². The van der Waals surface area contributed by atoms with Crippen molar-refractivity contribution in [3.63, 3.8) is 0 Å². The summed E-state index contributed by atoms with van der Waals surface area (Å²) in [5, 5.41) is 8.93. The summed E-state index contributed by atoms with van der Waals surface area (Å²) >= 11 is 0. The second kappa shape index (κ2) is 6.35. The number of sulfonamides is 1. The number of unbranched alkanes of at least 4 members (excludes halogenated alkanes) is 1. The predicted octanol–water partition coefficient (Wildman–Crippen LogP) is 1.60. The predicted molar refractivity (Wildman–Crippen MR) is 67.3 cm³/mol. The minimum absolute atomic E-state index is 0.0735. The number of hydrogen-bond donors (Lipinski definition) is 2. The minimum Gasteiger partial charge on any atom is -0.480 e. The summed E-state index contributed by atoms with van der Waals surface area (Å²) in [6.45, 7) is 7.33. The molecular weight excluding hydrogens is 242 g/mol. The van der Waals surface area contributed by atoms with E-state index in [0.717, 1.165) is 6.42 Å². The van der Waals surface area contributed by atoms with Crippen LogP contribution in [0.4, 0.5) is 0 Å². The lowest BCUT2D eigenvalue weighted by molar-refractivity contribution is -0.139. The molecule has 17 heavy (non-hydrogen) atoms. The van der Waals surface area contributed by atoms with Crippen LogP contribution in [0.3, 0.4) is 0 Å². The molecule has 0 aromatic carbocycles. The van der Waals surface area contributed by atoms with Gasteiger partial charge in [0.15, 0.2) is 0 Å². The van der Waals surface area contributed by atoms with E-state index in [2.05, 4.69) is 4.72 Å². The molecule has 0 aliphatic carbocycles. The quantitative estimate of drug-likeness (QED) is 0.732. The summed E-state index contributed by atoms with van der Waals surface area (Å²) in [7, 11) is -3.54. The fourth-order valence-electron chi connectivity index (χ4n) is 1.47. The molecule has 0 rings (SSSR count). The van der Waals surface area contributed by atoms with Crippen molar-refractivity contribution in [2.75, 3.05) is 5.75 Å². The van der Waals surface area contributed by atoms with Crippen LogP contribution in [0.1, 0.15) is 47.0 Å². The number of hydrogen-bond acceptors (Lipinski definition) is 3. The first-order valence-corrected chi connectivity index (χ1v) is 7.45. The van der Waals surface area contributed by atoms with Crippen molar-refractivity contribution in [2.24, 2.45) is 5.41 Å². The molecule has 0 saturated carbocycles. The zero-order valence-electron chi connectivity index (χ0n) is 11.0. The molecule has 5 nitrogen and oxygen atoms in total. The van der Waals surface area contributed by atoms with Gasteiger partial charge in [0.05, 0.1) is 5.75 Å². The Bertz CT molecular complexity index is 343. The molecule has 0 saturated heterocycles. The van der Waals surface area contributed by atoms with Gasteiger partial charge in [0.2, 0.25) is 10.0 Å². The highest BCUT2D eigenvalue weighted by Gasteiger charge is 2.27. The van der Waals surface area contributed by atoms with Gasteiger partial charge < -0.3 is 5.11 Å². The van der Waals surface area contributed by atoms with E-state index >= 15 is 0 Å². The van der Waals surface area contributed by atoms with Crippen LogP contribution in [0.25, 0.3) is 0 Å². The minimum atomic E-state index is -3.54. The molecule has 0 radical (unpaired) electrons. The van der Waals surface area contributed by atoms with E-state index in [4.69, 9.17) is 5.11 Å². The Morgan fingerprint density at radius 1 is 1.35 bits per heavy atom. The average molecular weight is 265 g/mol. The van der Waals surface area contributed by atoms with Crippen LogP contribution in [0, 0.1) is 5.41 Å². The van der Waals surface area contributed by atoms with Gasteiger partial charge in [-0.25, -0.2) is 13.1 Å². The number of carbonyl (C=O) groups is 1. The summed E-state index contributed by atoms with van der Waals surface area (Å²) in [4.78, 5) is 10.9. The van der Waals surface area contributed by atoms with Crippen molar-refractivity contribution in [3.8, 4) is 0 Å². The first-order chi connectivity index (χ1) is 7.57. The third-order valence-electron chi connectivity index (χ3n) is 2.09. The van der Waals surface area contributed by atoms with Crippen LogP contribution in [-0.4, -0.2) is 31.3 Å². The molecular formula is C11H23NO4S. The number of nitrogens with one attached hydrogen (secondary N) is 1. The Morgan fingerprint density at radius 2 is 1.88 bits per heavy atom. The Hall–Kier alpha value is -0.620. The molecule has 102 valence electrons. The first-order valence-electron chi connectivity index (χ1n) is 5.80. The number of carboxylic acid groups (broad SMARTS) is 1. The summed E-state index contributed by atoms with van der Waals surface area (Å²) in [5.74, 6) is -1.19. The van der Waals surface area contributed by atoms with Crippen LogP contribution in [0.5, 0.6) is 0 Å². The summed E-state index contributed by atoms with van der Waals surface area (Å²) in [6.07, 6.45) is 1.86. The SMILES string of the molecule is CCCCC(NS(=O)(=O)CC(C)(C)C)C(=O)O. The van der Waals surface area contributed by atoms with Gasteiger partial charge in [0.1, 0.15) is 6.04 Å². The second-order valence-electron chi connectivity index (χ2n) is 5.47. The van der Waals surface area contributed by atoms with Crippen molar-refractivity contribution in [3.05, 3.63) is 0 Å². The van der Waals surface area contributed by atoms with Crippen molar-refractivity contribution in [2.45, 2.75) is 53.0 Å². The first kappa shape index (κ1) is 16.4. The van der Waals surface area contributed by atoms with E-state index in [0.29, 0.717) is 12.8 Å². The summed E-state index contributed by atoms with van der Waals surface area (Å²) in [6, 6.07) is -1.01. The van der Waals surface area contributed by atoms with Crippen molar-refractivity contribution < 1.29 is 18.3 Å². The van der Waals surface area contributed by atoms with Gasteiger partial charge in [-0.15, -0.1) is 0 Å². The Kier molecular flexibility index (Phi) is 6.12. The van der Waals surface area contributed by atoms with Crippen molar-refractivity contribution in [1.82, 2.24) is 4.72 Å². The van der Waals surface area contributed by atoms with Gasteiger partial charge in [-0.2, -0.15) is 0 Å². The highest BCUT2D eigenvalue weighted by atomic mass is 32.2. The van der Waals surface area contributed by atoms with Gasteiger partial charge in [-0.05, 0) is 11.8 Å². The van der Waals surface area contributed by atoms with Crippen molar-refractivity contribution in [1.29, 1.82) is 0 Å². The number of aliphatic carboxylic acids is 1. The van der Waals surface area contributed by atoms with Gasteiger partial charge in [0, 0.05) is 0 Å². The Morgan fingerprint density at radius 3 is 2.24 bits per heavy atom. The standard InChI is InChI=1S/C11H23NO4S/c1-5-6-7-9(10(13)14)12-17(15,16)8-11(2,3)4/h9,12H,5-8H2,1-4H3,(H,13,14). The largest absolute Gasteiger partial charge is 0.480 e. The smallest absolute Gasteiger partial charge is 0.321 e. The molecule has 6 heteroatoms. The Balaban J connectivity index is 4.59. The maximum absolute atomic E-state index is 11.7. The van der Waals surface area contributed by atoms with Crippen LogP contribution >= 0.6 is 0 Å². The third kappa shape index (κ3) is 8.15. The molecule has 0 amide bonds. The monoisotopic (exact) mass is 265 g/mol. The number of carboxylic acids is 1. The van der Waals surface area contributed by atoms with Gasteiger partial charge >= 0.3 is 5.97 Å². The molecule has 0 aromatic heterocycles. The van der Waals surface area contributed by atoms with Crippen molar-refractivity contribution >= 4 is 16.0 Å². The number of rotatable bonds is 7. The van der Waals surface area contributed by atoms with Gasteiger partial charge in [-0.3, -0.25) is 4.79 Å². The van der Waals surface area contributed by atoms with E-state index < -0.39 is 22.0 Å². The molecule has 0 fully saturated rings. The van der Waals surface area contributed by atoms with E-state index in [9.17, 15) is 13.2 Å². The average Bonchev–Trinajstić information content (AvgIpc) is 2.07. The Labute approximate surface area is 104 Å². The zero-order chi connectivity index (χ0) is 13.7. The lowest BCUT2D eigenvalue weighted by atomic mass is 10.0. The third-order valence-corrected chi connectivity index (χ3v) is 3.98. The molecule has 0 spiro atoms. The fourth-order valence-corrected chi connectivity index (χ4v) is 3.35. The van der Waals surface area contributed by atoms with E-state index in [-0.39, 0.29) is 11.2 Å². The van der Waals surface area contributed by atoms with E-state index in [1.54, 1.807) is 20.8 Å². The second-order valence-corrected chi connectivity index (χ2v) is 7.22. The summed E-state index contributed by atoms with van der Waals surface area (Å²) < 4.78 is 25.8. The van der Waals surface area contributed by atoms with Crippen LogP contribution in [0.2, 0.25) is 0 Å². The highest BCUT2D eigenvalue weighted by molar-refractivity contribution is 7.89. The fraction of sp³-hybridized carbons (Fsp3) is 0.909. The molecule has 0 bridgehead atoms. The normalized spacial score (nSPS) is 14.6. The van der Waals surface area contributed by atoms with Crippen LogP contribution < -0.4 is 4.72 Å². The molecule has 0 aliphatic heterocycles. The zero-order valence-corrected chi connectivity index (χ0v) is 11.8. The highest BCUT2D eigenvalue weighted by Crippen LogP contribution is 2.16. The van der Waals surface area contributed by atoms with Gasteiger partial charge in [0.25, 0.3) is 0 Å². The molecule has 1 atom stereocenters. The van der Waals surface area contributed by atoms with E-state index in [1.165, 1.54) is 0 Å². The van der Waals surface area contributed by atoms with Gasteiger partial charge in [-0.1, -0.05) is 40.5 Å². The maximum Gasteiger partial charge on any atom is 0.321 e. The van der Waals surface area contributed by atoms with E-state index in [1.807, 2.05) is 6.92 Å². The maximum atomic E-state index is 11.7. The summed E-state index contributed by atoms with van der Waals surface area (Å²) in [5.41, 5.74) is -0.389. The molecule has 0 aromatic rings. The molecule has 1 unspecified atom stereocenters. The van der Waals surface area contributed by atoms with Crippen LogP contribution in [-0.2, 0) is 14.8 Å². The molecule has 2 N–H and O–H groups in total. The lowest BCUT2D eigenvalue weighted by Crippen LogP contribution is -2.43. The molecule has 0 heterocycles. The lowest BCUT2D eigenvalue weighted by Gasteiger charge is -2.20.